The summed E-state index contributed by atoms with van der Waals surface area (Å²) in [5.74, 6) is 0.845. The van der Waals surface area contributed by atoms with Crippen molar-refractivity contribution in [3.8, 4) is 5.75 Å². The summed E-state index contributed by atoms with van der Waals surface area (Å²) in [4.78, 5) is 0. The van der Waals surface area contributed by atoms with Gasteiger partial charge < -0.3 is 15.2 Å². The zero-order valence-corrected chi connectivity index (χ0v) is 11.8. The van der Waals surface area contributed by atoms with E-state index < -0.39 is 0 Å². The molecule has 106 valence electrons. The van der Waals surface area contributed by atoms with Crippen molar-refractivity contribution < 1.29 is 9.47 Å². The Morgan fingerprint density at radius 2 is 1.70 bits per heavy atom. The third-order valence-corrected chi connectivity index (χ3v) is 2.92. The molecule has 0 saturated carbocycles. The molecule has 0 heterocycles. The molecule has 1 atom stereocenters. The standard InChI is InChI=1S/C17H21NO2/c1-14(18)11-16-9-5-6-10-17(16)20-13-19-12-15-7-3-2-4-8-15/h2-10,14H,11-13,18H2,1H3. The molecule has 0 aliphatic rings. The van der Waals surface area contributed by atoms with Gasteiger partial charge in [0.2, 0.25) is 0 Å². The number of benzene rings is 2. The summed E-state index contributed by atoms with van der Waals surface area (Å²) in [5.41, 5.74) is 8.09. The minimum atomic E-state index is 0.116. The molecule has 1 unspecified atom stereocenters. The maximum Gasteiger partial charge on any atom is 0.189 e. The topological polar surface area (TPSA) is 44.5 Å². The highest BCUT2D eigenvalue weighted by molar-refractivity contribution is 5.33. The van der Waals surface area contributed by atoms with Crippen molar-refractivity contribution in [2.75, 3.05) is 6.79 Å². The molecule has 2 aromatic carbocycles. The highest BCUT2D eigenvalue weighted by Gasteiger charge is 2.05. The summed E-state index contributed by atoms with van der Waals surface area (Å²) in [5, 5.41) is 0. The van der Waals surface area contributed by atoms with E-state index >= 15 is 0 Å². The highest BCUT2D eigenvalue weighted by Crippen LogP contribution is 2.19. The van der Waals surface area contributed by atoms with Crippen molar-refractivity contribution in [1.29, 1.82) is 0 Å². The molecular weight excluding hydrogens is 250 g/mol. The Kier molecular flexibility index (Phi) is 5.59. The largest absolute Gasteiger partial charge is 0.467 e. The monoisotopic (exact) mass is 271 g/mol. The van der Waals surface area contributed by atoms with E-state index in [1.165, 1.54) is 0 Å². The number of para-hydroxylation sites is 1. The first-order valence-corrected chi connectivity index (χ1v) is 6.83. The highest BCUT2D eigenvalue weighted by atomic mass is 16.7. The Morgan fingerprint density at radius 1 is 1.00 bits per heavy atom. The number of hydrogen-bond donors (Lipinski definition) is 1. The van der Waals surface area contributed by atoms with Crippen molar-refractivity contribution in [2.24, 2.45) is 5.73 Å². The summed E-state index contributed by atoms with van der Waals surface area (Å²) >= 11 is 0. The molecule has 20 heavy (non-hydrogen) atoms. The predicted molar refractivity (Wildman–Crippen MR) is 80.5 cm³/mol. The average molecular weight is 271 g/mol. The molecule has 2 N–H and O–H groups in total. The molecule has 0 bridgehead atoms. The lowest BCUT2D eigenvalue weighted by Crippen LogP contribution is -2.18. The van der Waals surface area contributed by atoms with Crippen LogP contribution in [0, 0.1) is 0 Å². The van der Waals surface area contributed by atoms with Gasteiger partial charge in [-0.05, 0) is 30.5 Å². The summed E-state index contributed by atoms with van der Waals surface area (Å²) < 4.78 is 11.2. The smallest absolute Gasteiger partial charge is 0.189 e. The Balaban J connectivity index is 1.82. The second kappa shape index (κ2) is 7.68. The SMILES string of the molecule is CC(N)Cc1ccccc1OCOCc1ccccc1. The van der Waals surface area contributed by atoms with E-state index in [1.807, 2.05) is 61.5 Å². The quantitative estimate of drug-likeness (QED) is 0.621. The fourth-order valence-electron chi connectivity index (χ4n) is 2.00. The van der Waals surface area contributed by atoms with Gasteiger partial charge in [0.25, 0.3) is 0 Å². The van der Waals surface area contributed by atoms with E-state index in [9.17, 15) is 0 Å². The van der Waals surface area contributed by atoms with Crippen LogP contribution in [0.25, 0.3) is 0 Å². The zero-order chi connectivity index (χ0) is 14.2. The summed E-state index contributed by atoms with van der Waals surface area (Å²) in [6.45, 7) is 2.78. The molecule has 2 rings (SSSR count). The van der Waals surface area contributed by atoms with E-state index in [-0.39, 0.29) is 12.8 Å². The van der Waals surface area contributed by atoms with Crippen molar-refractivity contribution in [3.63, 3.8) is 0 Å². The Labute approximate surface area is 120 Å². The van der Waals surface area contributed by atoms with Gasteiger partial charge in [0.15, 0.2) is 6.79 Å². The molecule has 0 aromatic heterocycles. The molecule has 0 amide bonds. The molecule has 0 aliphatic heterocycles. The molecule has 2 aromatic rings. The van der Waals surface area contributed by atoms with Crippen molar-refractivity contribution in [2.45, 2.75) is 26.0 Å². The normalized spacial score (nSPS) is 12.1. The van der Waals surface area contributed by atoms with Crippen LogP contribution >= 0.6 is 0 Å². The predicted octanol–water partition coefficient (Wildman–Crippen LogP) is 3.13. The van der Waals surface area contributed by atoms with Crippen LogP contribution in [0.3, 0.4) is 0 Å². The lowest BCUT2D eigenvalue weighted by molar-refractivity contribution is 0.00451. The minimum Gasteiger partial charge on any atom is -0.467 e. The van der Waals surface area contributed by atoms with E-state index in [2.05, 4.69) is 0 Å². The van der Waals surface area contributed by atoms with Crippen LogP contribution in [-0.2, 0) is 17.8 Å². The van der Waals surface area contributed by atoms with Crippen molar-refractivity contribution in [3.05, 3.63) is 65.7 Å². The van der Waals surface area contributed by atoms with Gasteiger partial charge in [-0.2, -0.15) is 0 Å². The van der Waals surface area contributed by atoms with Gasteiger partial charge in [0.05, 0.1) is 6.61 Å². The van der Waals surface area contributed by atoms with Gasteiger partial charge in [-0.1, -0.05) is 48.5 Å². The van der Waals surface area contributed by atoms with E-state index in [0.717, 1.165) is 23.3 Å². The first-order chi connectivity index (χ1) is 9.75. The van der Waals surface area contributed by atoms with Crippen molar-refractivity contribution >= 4 is 0 Å². The first kappa shape index (κ1) is 14.6. The molecule has 0 fully saturated rings. The first-order valence-electron chi connectivity index (χ1n) is 6.83. The molecule has 0 aliphatic carbocycles. The fourth-order valence-corrected chi connectivity index (χ4v) is 2.00. The van der Waals surface area contributed by atoms with E-state index in [1.54, 1.807) is 0 Å². The van der Waals surface area contributed by atoms with Crippen LogP contribution < -0.4 is 10.5 Å². The average Bonchev–Trinajstić information content (AvgIpc) is 2.46. The lowest BCUT2D eigenvalue weighted by Gasteiger charge is -2.13. The van der Waals surface area contributed by atoms with Crippen LogP contribution in [0.5, 0.6) is 5.75 Å². The van der Waals surface area contributed by atoms with Gasteiger partial charge in [-0.15, -0.1) is 0 Å². The van der Waals surface area contributed by atoms with Gasteiger partial charge >= 0.3 is 0 Å². The van der Waals surface area contributed by atoms with Gasteiger partial charge in [-0.25, -0.2) is 0 Å². The number of nitrogens with two attached hydrogens (primary N) is 1. The van der Waals surface area contributed by atoms with Crippen LogP contribution in [0.4, 0.5) is 0 Å². The Morgan fingerprint density at radius 3 is 2.45 bits per heavy atom. The second-order valence-electron chi connectivity index (χ2n) is 4.89. The minimum absolute atomic E-state index is 0.116. The second-order valence-corrected chi connectivity index (χ2v) is 4.89. The third-order valence-electron chi connectivity index (χ3n) is 2.92. The number of ether oxygens (including phenoxy) is 2. The zero-order valence-electron chi connectivity index (χ0n) is 11.8. The van der Waals surface area contributed by atoms with Gasteiger partial charge in [0, 0.05) is 6.04 Å². The molecule has 3 heteroatoms. The Bertz CT molecular complexity index is 511. The molecule has 0 saturated heterocycles. The number of rotatable bonds is 7. The lowest BCUT2D eigenvalue weighted by atomic mass is 10.1. The molecule has 3 nitrogen and oxygen atoms in total. The van der Waals surface area contributed by atoms with E-state index in [4.69, 9.17) is 15.2 Å². The maximum absolute atomic E-state index is 5.84. The summed E-state index contributed by atoms with van der Waals surface area (Å²) in [6.07, 6.45) is 0.800. The number of hydrogen-bond acceptors (Lipinski definition) is 3. The molecular formula is C17H21NO2. The Hall–Kier alpha value is -1.84. The fraction of sp³-hybridized carbons (Fsp3) is 0.294. The van der Waals surface area contributed by atoms with Gasteiger partial charge in [-0.3, -0.25) is 0 Å². The third kappa shape index (κ3) is 4.68. The van der Waals surface area contributed by atoms with Crippen LogP contribution in [0.2, 0.25) is 0 Å². The maximum atomic E-state index is 5.84. The van der Waals surface area contributed by atoms with Gasteiger partial charge in [0.1, 0.15) is 5.75 Å². The van der Waals surface area contributed by atoms with Crippen molar-refractivity contribution in [1.82, 2.24) is 0 Å². The van der Waals surface area contributed by atoms with E-state index in [0.29, 0.717) is 6.61 Å². The molecule has 0 radical (unpaired) electrons. The summed E-state index contributed by atoms with van der Waals surface area (Å²) in [6, 6.07) is 18.1. The molecule has 0 spiro atoms. The van der Waals surface area contributed by atoms with Crippen LogP contribution in [0.1, 0.15) is 18.1 Å². The van der Waals surface area contributed by atoms with Crippen LogP contribution in [0.15, 0.2) is 54.6 Å². The van der Waals surface area contributed by atoms with Crippen LogP contribution in [-0.4, -0.2) is 12.8 Å². The summed E-state index contributed by atoms with van der Waals surface area (Å²) in [7, 11) is 0.